The van der Waals surface area contributed by atoms with Gasteiger partial charge in [-0.3, -0.25) is 9.78 Å². The maximum absolute atomic E-state index is 14.0. The summed E-state index contributed by atoms with van der Waals surface area (Å²) in [6.07, 6.45) is 1.76. The predicted octanol–water partition coefficient (Wildman–Crippen LogP) is 5.12. The van der Waals surface area contributed by atoms with E-state index in [-0.39, 0.29) is 18.1 Å². The van der Waals surface area contributed by atoms with Gasteiger partial charge < -0.3 is 10.1 Å². The number of rotatable bonds is 6. The Morgan fingerprint density at radius 3 is 2.71 bits per heavy atom. The topological polar surface area (TPSA) is 81.9 Å². The lowest BCUT2D eigenvalue weighted by Crippen LogP contribution is -2.15. The van der Waals surface area contributed by atoms with Crippen molar-refractivity contribution < 1.29 is 13.9 Å². The summed E-state index contributed by atoms with van der Waals surface area (Å²) in [5, 5.41) is 8.40. The van der Waals surface area contributed by atoms with Crippen LogP contribution in [0, 0.1) is 12.7 Å². The highest BCUT2D eigenvalue weighted by Gasteiger charge is 2.17. The molecule has 174 valence electrons. The zero-order valence-electron chi connectivity index (χ0n) is 19.2. The van der Waals surface area contributed by atoms with Crippen LogP contribution in [0.25, 0.3) is 28.0 Å². The summed E-state index contributed by atoms with van der Waals surface area (Å²) in [6, 6.07) is 21.6. The molecule has 0 saturated heterocycles. The third kappa shape index (κ3) is 4.59. The number of para-hydroxylation sites is 1. The van der Waals surface area contributed by atoms with Crippen LogP contribution in [0.4, 0.5) is 10.1 Å². The molecule has 3 aromatic heterocycles. The van der Waals surface area contributed by atoms with E-state index in [1.807, 2.05) is 61.5 Å². The van der Waals surface area contributed by atoms with Crippen LogP contribution in [0.15, 0.2) is 79.0 Å². The summed E-state index contributed by atoms with van der Waals surface area (Å²) < 4.78 is 20.7. The highest BCUT2D eigenvalue weighted by molar-refractivity contribution is 5.95. The molecular formula is C27H22FN5O2. The number of aryl methyl sites for hydroxylation is 1. The van der Waals surface area contributed by atoms with Gasteiger partial charge in [-0.2, -0.15) is 5.10 Å². The molecule has 0 aliphatic rings. The normalized spacial score (nSPS) is 10.9. The average Bonchev–Trinajstić information content (AvgIpc) is 3.27. The van der Waals surface area contributed by atoms with Crippen molar-refractivity contribution >= 4 is 22.5 Å². The lowest BCUT2D eigenvalue weighted by Gasteiger charge is -2.09. The molecule has 0 bridgehead atoms. The Hall–Kier alpha value is -4.59. The Bertz CT molecular complexity index is 1540. The lowest BCUT2D eigenvalue weighted by molar-refractivity contribution is -0.115. The molecule has 0 aliphatic heterocycles. The predicted molar refractivity (Wildman–Crippen MR) is 132 cm³/mol. The number of carbonyl (C=O) groups is 1. The van der Waals surface area contributed by atoms with Crippen molar-refractivity contribution in [1.82, 2.24) is 19.7 Å². The van der Waals surface area contributed by atoms with Crippen molar-refractivity contribution in [3.8, 4) is 22.8 Å². The molecule has 0 saturated carbocycles. The number of nitrogens with zero attached hydrogens (tertiary/aromatic N) is 4. The number of nitrogens with one attached hydrogen (secondary N) is 1. The summed E-state index contributed by atoms with van der Waals surface area (Å²) >= 11 is 0. The first-order valence-electron chi connectivity index (χ1n) is 11.0. The second-order valence-corrected chi connectivity index (χ2v) is 8.02. The smallest absolute Gasteiger partial charge is 0.230 e. The quantitative estimate of drug-likeness (QED) is 0.375. The van der Waals surface area contributed by atoms with E-state index in [2.05, 4.69) is 15.3 Å². The number of fused-ring (bicyclic) bond motifs is 1. The molecular weight excluding hydrogens is 445 g/mol. The van der Waals surface area contributed by atoms with Crippen molar-refractivity contribution in [3.63, 3.8) is 0 Å². The third-order valence-corrected chi connectivity index (χ3v) is 5.55. The van der Waals surface area contributed by atoms with Crippen LogP contribution in [0.5, 0.6) is 5.75 Å². The van der Waals surface area contributed by atoms with E-state index in [0.717, 1.165) is 27.9 Å². The number of methoxy groups -OCH3 is 1. The van der Waals surface area contributed by atoms with Crippen LogP contribution in [-0.4, -0.2) is 32.8 Å². The fourth-order valence-electron chi connectivity index (χ4n) is 3.96. The van der Waals surface area contributed by atoms with Crippen LogP contribution in [0.1, 0.15) is 11.4 Å². The minimum absolute atomic E-state index is 0.00246. The van der Waals surface area contributed by atoms with Gasteiger partial charge in [0.15, 0.2) is 17.4 Å². The molecule has 5 rings (SSSR count). The summed E-state index contributed by atoms with van der Waals surface area (Å²) in [4.78, 5) is 21.9. The third-order valence-electron chi connectivity index (χ3n) is 5.55. The molecule has 35 heavy (non-hydrogen) atoms. The first-order chi connectivity index (χ1) is 17.0. The van der Waals surface area contributed by atoms with Crippen molar-refractivity contribution in [2.75, 3.05) is 12.4 Å². The van der Waals surface area contributed by atoms with Gasteiger partial charge in [-0.05, 0) is 49.4 Å². The molecule has 3 heterocycles. The molecule has 1 amide bonds. The van der Waals surface area contributed by atoms with Crippen molar-refractivity contribution in [1.29, 1.82) is 0 Å². The van der Waals surface area contributed by atoms with Gasteiger partial charge in [0.1, 0.15) is 0 Å². The van der Waals surface area contributed by atoms with Gasteiger partial charge >= 0.3 is 0 Å². The maximum atomic E-state index is 14.0. The number of aromatic nitrogens is 4. The molecule has 0 radical (unpaired) electrons. The summed E-state index contributed by atoms with van der Waals surface area (Å²) in [6.45, 7) is 1.91. The van der Waals surface area contributed by atoms with Gasteiger partial charge in [-0.1, -0.05) is 24.3 Å². The zero-order chi connectivity index (χ0) is 24.4. The Kier molecular flexibility index (Phi) is 5.93. The van der Waals surface area contributed by atoms with Crippen LogP contribution in [0.3, 0.4) is 0 Å². The summed E-state index contributed by atoms with van der Waals surface area (Å²) in [7, 11) is 1.39. The number of halogens is 1. The van der Waals surface area contributed by atoms with Crippen LogP contribution in [0.2, 0.25) is 0 Å². The van der Waals surface area contributed by atoms with E-state index in [0.29, 0.717) is 17.2 Å². The Morgan fingerprint density at radius 2 is 1.91 bits per heavy atom. The Morgan fingerprint density at radius 1 is 1.06 bits per heavy atom. The molecule has 0 aliphatic carbocycles. The molecule has 7 nitrogen and oxygen atoms in total. The maximum Gasteiger partial charge on any atom is 0.230 e. The van der Waals surface area contributed by atoms with Gasteiger partial charge in [0.2, 0.25) is 5.91 Å². The number of hydrogen-bond donors (Lipinski definition) is 1. The van der Waals surface area contributed by atoms with E-state index in [1.165, 1.54) is 19.2 Å². The highest BCUT2D eigenvalue weighted by atomic mass is 19.1. The average molecular weight is 468 g/mol. The van der Waals surface area contributed by atoms with Crippen LogP contribution in [-0.2, 0) is 11.2 Å². The molecule has 0 fully saturated rings. The fraction of sp³-hybridized carbons (Fsp3) is 0.111. The SMILES string of the molecule is COc1ccc(NC(=O)Cc2cc(-c3ccnc4ccccc34)n(-c3cccc(C)n3)n2)cc1F. The number of anilines is 1. The standard InChI is InChI=1S/C27H22FN5O2/c1-17-6-5-9-26(30-17)33-24(21-12-13-29-23-8-4-3-7-20(21)23)15-19(32-33)16-27(34)31-18-10-11-25(35-2)22(28)14-18/h3-15H,16H2,1-2H3,(H,31,34). The van der Waals surface area contributed by atoms with Crippen molar-refractivity contribution in [3.05, 3.63) is 96.2 Å². The number of benzene rings is 2. The number of carbonyl (C=O) groups excluding carboxylic acids is 1. The monoisotopic (exact) mass is 467 g/mol. The summed E-state index contributed by atoms with van der Waals surface area (Å²) in [5.41, 5.74) is 4.32. The summed E-state index contributed by atoms with van der Waals surface area (Å²) in [5.74, 6) is -0.110. The van der Waals surface area contributed by atoms with Gasteiger partial charge in [0.05, 0.1) is 30.4 Å². The van der Waals surface area contributed by atoms with E-state index in [9.17, 15) is 9.18 Å². The van der Waals surface area contributed by atoms with Crippen molar-refractivity contribution in [2.24, 2.45) is 0 Å². The molecule has 1 N–H and O–H groups in total. The largest absolute Gasteiger partial charge is 0.494 e. The first-order valence-corrected chi connectivity index (χ1v) is 11.0. The molecule has 2 aromatic carbocycles. The Labute approximate surface area is 201 Å². The van der Waals surface area contributed by atoms with Crippen LogP contribution >= 0.6 is 0 Å². The Balaban J connectivity index is 1.52. The van der Waals surface area contributed by atoms with Crippen LogP contribution < -0.4 is 10.1 Å². The van der Waals surface area contributed by atoms with E-state index in [4.69, 9.17) is 9.84 Å². The van der Waals surface area contributed by atoms with Gasteiger partial charge in [0.25, 0.3) is 0 Å². The zero-order valence-corrected chi connectivity index (χ0v) is 19.2. The number of pyridine rings is 2. The van der Waals surface area contributed by atoms with E-state index >= 15 is 0 Å². The van der Waals surface area contributed by atoms with Gasteiger partial charge in [0, 0.05) is 34.6 Å². The molecule has 0 spiro atoms. The fourth-order valence-corrected chi connectivity index (χ4v) is 3.96. The minimum atomic E-state index is -0.549. The molecule has 0 unspecified atom stereocenters. The molecule has 0 atom stereocenters. The minimum Gasteiger partial charge on any atom is -0.494 e. The molecule has 5 aromatic rings. The number of amides is 1. The van der Waals surface area contributed by atoms with Gasteiger partial charge in [-0.25, -0.2) is 14.1 Å². The lowest BCUT2D eigenvalue weighted by atomic mass is 10.1. The molecule has 8 heteroatoms. The van der Waals surface area contributed by atoms with E-state index < -0.39 is 5.82 Å². The number of hydrogen-bond acceptors (Lipinski definition) is 5. The first kappa shape index (κ1) is 22.2. The number of ether oxygens (including phenoxy) is 1. The van der Waals surface area contributed by atoms with Gasteiger partial charge in [-0.15, -0.1) is 0 Å². The van der Waals surface area contributed by atoms with E-state index in [1.54, 1.807) is 16.9 Å². The van der Waals surface area contributed by atoms with Crippen molar-refractivity contribution in [2.45, 2.75) is 13.3 Å². The highest BCUT2D eigenvalue weighted by Crippen LogP contribution is 2.30. The second-order valence-electron chi connectivity index (χ2n) is 8.02. The second kappa shape index (κ2) is 9.34.